The number of benzene rings is 3. The zero-order chi connectivity index (χ0) is 36.3. The van der Waals surface area contributed by atoms with Gasteiger partial charge in [0.25, 0.3) is 14.2 Å². The lowest BCUT2D eigenvalue weighted by atomic mass is 10.0. The molecular formula is C40H50FN3O5Si. The molecule has 1 saturated heterocycles. The van der Waals surface area contributed by atoms with Gasteiger partial charge in [0.2, 0.25) is 5.88 Å². The molecule has 0 unspecified atom stereocenters. The highest BCUT2D eigenvalue weighted by atomic mass is 28.4. The summed E-state index contributed by atoms with van der Waals surface area (Å²) in [6, 6.07) is 25.0. The number of ether oxygens (including phenoxy) is 2. The number of nitrogens with zero attached hydrogens (tertiary/aromatic N) is 3. The van der Waals surface area contributed by atoms with Gasteiger partial charge in [0.15, 0.2) is 0 Å². The van der Waals surface area contributed by atoms with E-state index in [0.717, 1.165) is 15.9 Å². The maximum Gasteiger partial charge on any atom is 0.410 e. The lowest BCUT2D eigenvalue weighted by molar-refractivity contribution is 0.00192. The third-order valence-electron chi connectivity index (χ3n) is 9.33. The Balaban J connectivity index is 1.49. The van der Waals surface area contributed by atoms with Gasteiger partial charge in [-0.15, -0.1) is 0 Å². The molecule has 1 atom stereocenters. The van der Waals surface area contributed by atoms with Crippen LogP contribution < -0.4 is 15.1 Å². The van der Waals surface area contributed by atoms with Crippen LogP contribution in [0, 0.1) is 5.82 Å². The third kappa shape index (κ3) is 7.71. The fourth-order valence-electron chi connectivity index (χ4n) is 6.94. The molecule has 1 aromatic heterocycles. The molecule has 2 heterocycles. The molecule has 0 bridgehead atoms. The van der Waals surface area contributed by atoms with E-state index in [9.17, 15) is 9.59 Å². The maximum absolute atomic E-state index is 15.8. The van der Waals surface area contributed by atoms with Crippen LogP contribution in [-0.4, -0.2) is 80.1 Å². The van der Waals surface area contributed by atoms with E-state index >= 15 is 4.39 Å². The summed E-state index contributed by atoms with van der Waals surface area (Å²) >= 11 is 0. The summed E-state index contributed by atoms with van der Waals surface area (Å²) in [6.45, 7) is 15.1. The van der Waals surface area contributed by atoms with Crippen molar-refractivity contribution >= 4 is 41.6 Å². The van der Waals surface area contributed by atoms with E-state index in [2.05, 4.69) is 50.0 Å². The Kier molecular flexibility index (Phi) is 11.0. The van der Waals surface area contributed by atoms with E-state index in [4.69, 9.17) is 13.9 Å². The summed E-state index contributed by atoms with van der Waals surface area (Å²) in [5.74, 6) is -0.619. The minimum absolute atomic E-state index is 0.0695. The van der Waals surface area contributed by atoms with Crippen LogP contribution in [0.15, 0.2) is 78.9 Å². The molecule has 4 aromatic rings. The van der Waals surface area contributed by atoms with E-state index in [1.54, 1.807) is 16.9 Å². The number of piperazine rings is 1. The summed E-state index contributed by atoms with van der Waals surface area (Å²) in [4.78, 5) is 35.4. The van der Waals surface area contributed by atoms with Gasteiger partial charge in [0, 0.05) is 37.2 Å². The molecule has 2 amide bonds. The second-order valence-electron chi connectivity index (χ2n) is 14.9. The Bertz CT molecular complexity index is 1770. The lowest BCUT2D eigenvalue weighted by Crippen LogP contribution is -2.67. The standard InChI is InChI=1S/C40H50FN3O5Si/c1-9-28-24-29-25-34(41)33(26-35(29)42-36(28)47-8)37(45)44-22-21-43(38(46)49-39(2,3)4)27-30(44)20-23-48-50(40(5,6)7,31-16-12-10-13-17-31)32-18-14-11-15-19-32/h10-19,24-26,30H,9,20-23,27H2,1-8H3/t30-/m0/s1. The zero-order valence-electron chi connectivity index (χ0n) is 30.6. The van der Waals surface area contributed by atoms with Crippen molar-refractivity contribution in [2.45, 2.75) is 78.0 Å². The normalized spacial score (nSPS) is 15.7. The molecule has 10 heteroatoms. The van der Waals surface area contributed by atoms with E-state index < -0.39 is 37.8 Å². The first-order valence-electron chi connectivity index (χ1n) is 17.4. The van der Waals surface area contributed by atoms with Gasteiger partial charge in [-0.3, -0.25) is 4.79 Å². The average Bonchev–Trinajstić information content (AvgIpc) is 3.08. The van der Waals surface area contributed by atoms with Gasteiger partial charge < -0.3 is 23.7 Å². The van der Waals surface area contributed by atoms with Crippen molar-refractivity contribution in [3.8, 4) is 5.88 Å². The van der Waals surface area contributed by atoms with Crippen molar-refractivity contribution in [2.24, 2.45) is 0 Å². The molecule has 0 spiro atoms. The number of carbonyl (C=O) groups is 2. The number of carbonyl (C=O) groups excluding carboxylic acids is 2. The third-order valence-corrected chi connectivity index (χ3v) is 14.4. The molecule has 5 rings (SSSR count). The minimum atomic E-state index is -2.86. The highest BCUT2D eigenvalue weighted by Gasteiger charge is 2.50. The highest BCUT2D eigenvalue weighted by Crippen LogP contribution is 2.37. The lowest BCUT2D eigenvalue weighted by Gasteiger charge is -2.45. The number of aryl methyl sites for hydroxylation is 1. The van der Waals surface area contributed by atoms with Crippen LogP contribution in [0.3, 0.4) is 0 Å². The predicted octanol–water partition coefficient (Wildman–Crippen LogP) is 6.97. The second kappa shape index (κ2) is 14.9. The van der Waals surface area contributed by atoms with Gasteiger partial charge in [-0.1, -0.05) is 88.4 Å². The largest absolute Gasteiger partial charge is 0.481 e. The number of rotatable bonds is 9. The Morgan fingerprint density at radius 1 is 0.920 bits per heavy atom. The number of pyridine rings is 1. The number of fused-ring (bicyclic) bond motifs is 1. The van der Waals surface area contributed by atoms with E-state index in [0.29, 0.717) is 36.2 Å². The molecule has 266 valence electrons. The first-order chi connectivity index (χ1) is 23.7. The van der Waals surface area contributed by atoms with Gasteiger partial charge in [0.05, 0.1) is 24.2 Å². The van der Waals surface area contributed by atoms with Gasteiger partial charge >= 0.3 is 6.09 Å². The van der Waals surface area contributed by atoms with E-state index in [-0.39, 0.29) is 30.2 Å². The van der Waals surface area contributed by atoms with Gasteiger partial charge in [-0.2, -0.15) is 0 Å². The number of methoxy groups -OCH3 is 1. The molecule has 0 N–H and O–H groups in total. The molecule has 8 nitrogen and oxygen atoms in total. The van der Waals surface area contributed by atoms with Crippen LogP contribution in [0.1, 0.15) is 70.8 Å². The smallest absolute Gasteiger partial charge is 0.410 e. The minimum Gasteiger partial charge on any atom is -0.481 e. The van der Waals surface area contributed by atoms with Crippen molar-refractivity contribution in [1.82, 2.24) is 14.8 Å². The Labute approximate surface area is 296 Å². The summed E-state index contributed by atoms with van der Waals surface area (Å²) in [5.41, 5.74) is 0.589. The Morgan fingerprint density at radius 2 is 1.54 bits per heavy atom. The van der Waals surface area contributed by atoms with Crippen molar-refractivity contribution < 1.29 is 27.9 Å². The van der Waals surface area contributed by atoms with E-state index in [1.165, 1.54) is 12.1 Å². The molecule has 3 aromatic carbocycles. The molecule has 0 radical (unpaired) electrons. The van der Waals surface area contributed by atoms with Gasteiger partial charge in [-0.05, 0) is 67.2 Å². The predicted molar refractivity (Wildman–Crippen MR) is 198 cm³/mol. The average molecular weight is 700 g/mol. The first-order valence-corrected chi connectivity index (χ1v) is 19.3. The van der Waals surface area contributed by atoms with Crippen LogP contribution in [-0.2, 0) is 15.6 Å². The van der Waals surface area contributed by atoms with Crippen molar-refractivity contribution in [2.75, 3.05) is 33.4 Å². The molecule has 0 aliphatic carbocycles. The topological polar surface area (TPSA) is 81.2 Å². The number of aromatic nitrogens is 1. The van der Waals surface area contributed by atoms with Crippen LogP contribution in [0.25, 0.3) is 10.9 Å². The molecule has 1 aliphatic rings. The number of hydrogen-bond donors (Lipinski definition) is 0. The number of amides is 2. The number of halogens is 1. The van der Waals surface area contributed by atoms with Crippen molar-refractivity contribution in [3.63, 3.8) is 0 Å². The second-order valence-corrected chi connectivity index (χ2v) is 19.2. The van der Waals surface area contributed by atoms with Crippen LogP contribution in [0.5, 0.6) is 5.88 Å². The fourth-order valence-corrected chi connectivity index (χ4v) is 11.5. The van der Waals surface area contributed by atoms with Gasteiger partial charge in [-0.25, -0.2) is 14.2 Å². The molecule has 1 fully saturated rings. The highest BCUT2D eigenvalue weighted by molar-refractivity contribution is 6.99. The Hall–Kier alpha value is -4.28. The Morgan fingerprint density at radius 3 is 2.08 bits per heavy atom. The van der Waals surface area contributed by atoms with E-state index in [1.807, 2.05) is 70.2 Å². The molecule has 0 saturated carbocycles. The van der Waals surface area contributed by atoms with Crippen LogP contribution >= 0.6 is 0 Å². The molecular weight excluding hydrogens is 650 g/mol. The quantitative estimate of drug-likeness (QED) is 0.176. The first kappa shape index (κ1) is 37.0. The maximum atomic E-state index is 15.8. The number of hydrogen-bond acceptors (Lipinski definition) is 6. The molecule has 1 aliphatic heterocycles. The molecule has 50 heavy (non-hydrogen) atoms. The summed E-state index contributed by atoms with van der Waals surface area (Å²) in [7, 11) is -1.31. The van der Waals surface area contributed by atoms with Crippen molar-refractivity contribution in [3.05, 3.63) is 95.8 Å². The monoisotopic (exact) mass is 699 g/mol. The summed E-state index contributed by atoms with van der Waals surface area (Å²) < 4.78 is 34.1. The van der Waals surface area contributed by atoms with Crippen molar-refractivity contribution in [1.29, 1.82) is 0 Å². The summed E-state index contributed by atoms with van der Waals surface area (Å²) in [6.07, 6.45) is 0.660. The van der Waals surface area contributed by atoms with Crippen LogP contribution in [0.2, 0.25) is 5.04 Å². The van der Waals surface area contributed by atoms with Crippen LogP contribution in [0.4, 0.5) is 9.18 Å². The fraction of sp³-hybridized carbons (Fsp3) is 0.425. The summed E-state index contributed by atoms with van der Waals surface area (Å²) in [5, 5.41) is 2.66. The SMILES string of the molecule is CCc1cc2cc(F)c(C(=O)N3CCN(C(=O)OC(C)(C)C)C[C@@H]3CCO[Si](c3ccccc3)(c3ccccc3)C(C)(C)C)cc2nc1OC. The van der Waals surface area contributed by atoms with Gasteiger partial charge in [0.1, 0.15) is 11.4 Å². The zero-order valence-corrected chi connectivity index (χ0v) is 31.6.